The Morgan fingerprint density at radius 3 is 2.58 bits per heavy atom. The minimum atomic E-state index is 0.474. The van der Waals surface area contributed by atoms with Crippen LogP contribution in [-0.2, 0) is 6.54 Å². The lowest BCUT2D eigenvalue weighted by Gasteiger charge is -2.11. The van der Waals surface area contributed by atoms with Crippen LogP contribution in [0.3, 0.4) is 0 Å². The zero-order valence-electron chi connectivity index (χ0n) is 16.1. The van der Waals surface area contributed by atoms with Crippen molar-refractivity contribution >= 4 is 11.6 Å². The van der Waals surface area contributed by atoms with Gasteiger partial charge >= 0.3 is 0 Å². The lowest BCUT2D eigenvalue weighted by molar-refractivity contribution is 0.368. The number of benzene rings is 1. The van der Waals surface area contributed by atoms with Gasteiger partial charge in [0.05, 0.1) is 12.2 Å². The lowest BCUT2D eigenvalue weighted by atomic mass is 9.99. The summed E-state index contributed by atoms with van der Waals surface area (Å²) < 4.78 is 5.43. The molecule has 2 rings (SSSR count). The molecule has 0 fully saturated rings. The van der Waals surface area contributed by atoms with Gasteiger partial charge in [-0.3, -0.25) is 4.99 Å². The number of anilines is 1. The van der Waals surface area contributed by atoms with Crippen molar-refractivity contribution in [2.75, 3.05) is 25.5 Å². The predicted octanol–water partition coefficient (Wildman–Crippen LogP) is 3.75. The van der Waals surface area contributed by atoms with E-state index in [4.69, 9.17) is 4.52 Å². The van der Waals surface area contributed by atoms with Crippen molar-refractivity contribution in [2.24, 2.45) is 4.99 Å². The summed E-state index contributed by atoms with van der Waals surface area (Å²) in [7, 11) is 1.77. The summed E-state index contributed by atoms with van der Waals surface area (Å²) >= 11 is 0. The molecule has 0 aliphatic rings. The van der Waals surface area contributed by atoms with Crippen molar-refractivity contribution in [1.29, 1.82) is 0 Å². The molecular formula is C20H31N5O. The molecule has 0 radical (unpaired) electrons. The Morgan fingerprint density at radius 2 is 1.88 bits per heavy atom. The van der Waals surface area contributed by atoms with E-state index < -0.39 is 0 Å². The maximum absolute atomic E-state index is 5.43. The van der Waals surface area contributed by atoms with Crippen LogP contribution < -0.4 is 16.0 Å². The van der Waals surface area contributed by atoms with E-state index in [9.17, 15) is 0 Å². The van der Waals surface area contributed by atoms with Crippen LogP contribution in [0, 0.1) is 0 Å². The third-order valence-corrected chi connectivity index (χ3v) is 4.38. The van der Waals surface area contributed by atoms with Crippen molar-refractivity contribution in [2.45, 2.75) is 45.6 Å². The standard InChI is InChI=1S/C20H31N5O/c1-4-16(5-2)19-14-18(26-25-19)15-24-20(21-3)23-13-9-12-22-17-10-7-6-8-11-17/h6-8,10-11,14,16,22H,4-5,9,12-13,15H2,1-3H3,(H2,21,23,24). The fraction of sp³-hybridized carbons (Fsp3) is 0.500. The number of guanidine groups is 1. The van der Waals surface area contributed by atoms with E-state index in [0.717, 1.165) is 55.5 Å². The number of aliphatic imine (C=N–C) groups is 1. The average molecular weight is 358 g/mol. The van der Waals surface area contributed by atoms with Crippen molar-refractivity contribution in [3.8, 4) is 0 Å². The Kier molecular flexibility index (Phi) is 8.52. The summed E-state index contributed by atoms with van der Waals surface area (Å²) in [6, 6.07) is 12.3. The van der Waals surface area contributed by atoms with Crippen molar-refractivity contribution < 1.29 is 4.52 Å². The first-order valence-electron chi connectivity index (χ1n) is 9.45. The SMILES string of the molecule is CCC(CC)c1cc(CNC(=NC)NCCCNc2ccccc2)on1. The number of para-hydroxylation sites is 1. The fourth-order valence-corrected chi connectivity index (χ4v) is 2.79. The molecule has 0 saturated heterocycles. The van der Waals surface area contributed by atoms with E-state index in [-0.39, 0.29) is 0 Å². The van der Waals surface area contributed by atoms with Gasteiger partial charge in [-0.2, -0.15) is 0 Å². The van der Waals surface area contributed by atoms with Crippen LogP contribution in [0.2, 0.25) is 0 Å². The highest BCUT2D eigenvalue weighted by molar-refractivity contribution is 5.79. The lowest BCUT2D eigenvalue weighted by Crippen LogP contribution is -2.37. The smallest absolute Gasteiger partial charge is 0.191 e. The molecule has 2 aromatic rings. The Hall–Kier alpha value is -2.50. The Bertz CT molecular complexity index is 649. The number of hydrogen-bond acceptors (Lipinski definition) is 4. The van der Waals surface area contributed by atoms with E-state index in [2.05, 4.69) is 52.1 Å². The van der Waals surface area contributed by atoms with Crippen LogP contribution in [0.15, 0.2) is 45.9 Å². The number of nitrogens with zero attached hydrogens (tertiary/aromatic N) is 2. The normalized spacial score (nSPS) is 11.6. The zero-order valence-corrected chi connectivity index (χ0v) is 16.1. The first kappa shape index (κ1) is 19.8. The van der Waals surface area contributed by atoms with Gasteiger partial charge in [-0.1, -0.05) is 37.2 Å². The summed E-state index contributed by atoms with van der Waals surface area (Å²) in [5.74, 6) is 2.08. The molecule has 0 aliphatic carbocycles. The van der Waals surface area contributed by atoms with E-state index in [1.165, 1.54) is 0 Å². The van der Waals surface area contributed by atoms with Crippen LogP contribution >= 0.6 is 0 Å². The Labute approximate surface area is 156 Å². The van der Waals surface area contributed by atoms with Crippen molar-refractivity contribution in [3.05, 3.63) is 47.9 Å². The maximum atomic E-state index is 5.43. The maximum Gasteiger partial charge on any atom is 0.191 e. The van der Waals surface area contributed by atoms with Gasteiger partial charge in [0.25, 0.3) is 0 Å². The fourth-order valence-electron chi connectivity index (χ4n) is 2.79. The summed E-state index contributed by atoms with van der Waals surface area (Å²) in [6.45, 7) is 6.69. The quantitative estimate of drug-likeness (QED) is 0.343. The van der Waals surface area contributed by atoms with Crippen LogP contribution in [0.25, 0.3) is 0 Å². The monoisotopic (exact) mass is 357 g/mol. The highest BCUT2D eigenvalue weighted by Gasteiger charge is 2.13. The molecule has 0 amide bonds. The van der Waals surface area contributed by atoms with E-state index in [0.29, 0.717) is 12.5 Å². The summed E-state index contributed by atoms with van der Waals surface area (Å²) in [6.07, 6.45) is 3.16. The largest absolute Gasteiger partial charge is 0.385 e. The predicted molar refractivity (Wildman–Crippen MR) is 108 cm³/mol. The van der Waals surface area contributed by atoms with Gasteiger partial charge in [-0.25, -0.2) is 0 Å². The third kappa shape index (κ3) is 6.43. The van der Waals surface area contributed by atoms with Gasteiger partial charge in [-0.05, 0) is 31.4 Å². The number of nitrogens with one attached hydrogen (secondary N) is 3. The number of hydrogen-bond donors (Lipinski definition) is 3. The molecule has 3 N–H and O–H groups in total. The first-order valence-corrected chi connectivity index (χ1v) is 9.45. The molecule has 0 unspecified atom stereocenters. The molecule has 6 nitrogen and oxygen atoms in total. The minimum Gasteiger partial charge on any atom is -0.385 e. The molecule has 0 bridgehead atoms. The third-order valence-electron chi connectivity index (χ3n) is 4.38. The summed E-state index contributed by atoms with van der Waals surface area (Å²) in [4.78, 5) is 4.25. The highest BCUT2D eigenvalue weighted by Crippen LogP contribution is 2.22. The van der Waals surface area contributed by atoms with E-state index in [1.807, 2.05) is 24.3 Å². The van der Waals surface area contributed by atoms with Gasteiger partial charge in [0, 0.05) is 37.8 Å². The van der Waals surface area contributed by atoms with Crippen LogP contribution in [0.5, 0.6) is 0 Å². The second-order valence-electron chi connectivity index (χ2n) is 6.23. The van der Waals surface area contributed by atoms with Crippen molar-refractivity contribution in [3.63, 3.8) is 0 Å². The zero-order chi connectivity index (χ0) is 18.6. The van der Waals surface area contributed by atoms with Gasteiger partial charge in [0.15, 0.2) is 11.7 Å². The van der Waals surface area contributed by atoms with Crippen LogP contribution in [0.1, 0.15) is 50.5 Å². The average Bonchev–Trinajstić information content (AvgIpc) is 3.14. The minimum absolute atomic E-state index is 0.474. The van der Waals surface area contributed by atoms with Crippen LogP contribution in [-0.4, -0.2) is 31.3 Å². The molecule has 1 aromatic carbocycles. The number of aromatic nitrogens is 1. The summed E-state index contributed by atoms with van der Waals surface area (Å²) in [5.41, 5.74) is 2.19. The first-order chi connectivity index (χ1) is 12.8. The molecule has 6 heteroatoms. The van der Waals surface area contributed by atoms with Gasteiger partial charge in [0.2, 0.25) is 0 Å². The van der Waals surface area contributed by atoms with Crippen LogP contribution in [0.4, 0.5) is 5.69 Å². The Morgan fingerprint density at radius 1 is 1.12 bits per heavy atom. The molecule has 26 heavy (non-hydrogen) atoms. The molecule has 0 spiro atoms. The van der Waals surface area contributed by atoms with E-state index in [1.54, 1.807) is 7.05 Å². The van der Waals surface area contributed by atoms with Gasteiger partial charge < -0.3 is 20.5 Å². The van der Waals surface area contributed by atoms with E-state index >= 15 is 0 Å². The van der Waals surface area contributed by atoms with Gasteiger partial charge in [-0.15, -0.1) is 0 Å². The topological polar surface area (TPSA) is 74.5 Å². The molecule has 1 heterocycles. The van der Waals surface area contributed by atoms with Gasteiger partial charge in [0.1, 0.15) is 0 Å². The molecular weight excluding hydrogens is 326 g/mol. The highest BCUT2D eigenvalue weighted by atomic mass is 16.5. The van der Waals surface area contributed by atoms with Crippen molar-refractivity contribution in [1.82, 2.24) is 15.8 Å². The molecule has 142 valence electrons. The Balaban J connectivity index is 1.66. The molecule has 1 aromatic heterocycles. The number of rotatable bonds is 10. The molecule has 0 aliphatic heterocycles. The molecule has 0 saturated carbocycles. The summed E-state index contributed by atoms with van der Waals surface area (Å²) in [5, 5.41) is 14.2. The second kappa shape index (κ2) is 11.2. The molecule has 0 atom stereocenters. The second-order valence-corrected chi connectivity index (χ2v) is 6.23.